The monoisotopic (exact) mass is 309 g/mol. The smallest absolute Gasteiger partial charge is 0.312 e. The lowest BCUT2D eigenvalue weighted by atomic mass is 9.80. The standard InChI is InChI=1S/C16H27N3O3/c1-11(18-16(17)22)15(21)19-10-6-2-3-8-13(19)12-7-4-5-9-14(12)20/h11-13H,2-10H2,1H3,(H3,17,18,22)/t11-,12?,13?/m0/s1. The lowest BCUT2D eigenvalue weighted by molar-refractivity contribution is -0.139. The average molecular weight is 309 g/mol. The van der Waals surface area contributed by atoms with E-state index in [4.69, 9.17) is 5.73 Å². The first-order valence-electron chi connectivity index (χ1n) is 8.40. The summed E-state index contributed by atoms with van der Waals surface area (Å²) in [7, 11) is 0. The molecule has 3 N–H and O–H groups in total. The molecule has 6 heteroatoms. The van der Waals surface area contributed by atoms with E-state index in [-0.39, 0.29) is 17.9 Å². The number of nitrogens with one attached hydrogen (secondary N) is 1. The Balaban J connectivity index is 2.14. The maximum Gasteiger partial charge on any atom is 0.312 e. The third-order valence-corrected chi connectivity index (χ3v) is 4.88. The Hall–Kier alpha value is -1.59. The predicted molar refractivity (Wildman–Crippen MR) is 83.1 cm³/mol. The number of nitrogens with two attached hydrogens (primary N) is 1. The fourth-order valence-corrected chi connectivity index (χ4v) is 3.77. The number of hydrogen-bond donors (Lipinski definition) is 2. The molecule has 0 aromatic carbocycles. The highest BCUT2D eigenvalue weighted by atomic mass is 16.2. The summed E-state index contributed by atoms with van der Waals surface area (Å²) in [5.74, 6) is 0.145. The average Bonchev–Trinajstić information content (AvgIpc) is 2.72. The van der Waals surface area contributed by atoms with Crippen LogP contribution in [-0.4, -0.2) is 41.2 Å². The Labute approximate surface area is 131 Å². The Morgan fingerprint density at radius 3 is 2.59 bits per heavy atom. The maximum atomic E-state index is 12.7. The molecule has 3 atom stereocenters. The number of primary amides is 1. The molecule has 2 fully saturated rings. The van der Waals surface area contributed by atoms with Crippen molar-refractivity contribution in [1.29, 1.82) is 0 Å². The van der Waals surface area contributed by atoms with E-state index in [1.165, 1.54) is 0 Å². The Morgan fingerprint density at radius 2 is 1.91 bits per heavy atom. The highest BCUT2D eigenvalue weighted by molar-refractivity contribution is 5.88. The number of nitrogens with zero attached hydrogens (tertiary/aromatic N) is 1. The number of likely N-dealkylation sites (tertiary alicyclic amines) is 1. The van der Waals surface area contributed by atoms with E-state index in [9.17, 15) is 14.4 Å². The Kier molecular flexibility index (Phi) is 5.80. The molecule has 1 heterocycles. The number of urea groups is 1. The first-order valence-corrected chi connectivity index (χ1v) is 8.40. The van der Waals surface area contributed by atoms with Crippen LogP contribution in [0.2, 0.25) is 0 Å². The van der Waals surface area contributed by atoms with Crippen LogP contribution in [0.5, 0.6) is 0 Å². The number of carbonyl (C=O) groups is 3. The Bertz CT molecular complexity index is 438. The third kappa shape index (κ3) is 3.99. The van der Waals surface area contributed by atoms with E-state index >= 15 is 0 Å². The minimum absolute atomic E-state index is 0.0140. The normalized spacial score (nSPS) is 27.9. The zero-order valence-electron chi connectivity index (χ0n) is 13.3. The van der Waals surface area contributed by atoms with Gasteiger partial charge in [0.2, 0.25) is 5.91 Å². The third-order valence-electron chi connectivity index (χ3n) is 4.88. The topological polar surface area (TPSA) is 92.5 Å². The zero-order chi connectivity index (χ0) is 16.1. The summed E-state index contributed by atoms with van der Waals surface area (Å²) in [5.41, 5.74) is 5.12. The van der Waals surface area contributed by atoms with Crippen LogP contribution in [-0.2, 0) is 9.59 Å². The molecule has 0 spiro atoms. The van der Waals surface area contributed by atoms with Crippen LogP contribution in [0, 0.1) is 5.92 Å². The number of Topliss-reactive ketones (excluding diaryl/α,β-unsaturated/α-hetero) is 1. The van der Waals surface area contributed by atoms with Gasteiger partial charge in [-0.2, -0.15) is 0 Å². The second-order valence-electron chi connectivity index (χ2n) is 6.50. The SMILES string of the molecule is C[C@H](NC(N)=O)C(=O)N1CCCCCC1C1CCCCC1=O. The van der Waals surface area contributed by atoms with Gasteiger partial charge in [0.25, 0.3) is 0 Å². The van der Waals surface area contributed by atoms with E-state index in [1.54, 1.807) is 6.92 Å². The van der Waals surface area contributed by atoms with Crippen molar-refractivity contribution in [3.8, 4) is 0 Å². The van der Waals surface area contributed by atoms with Crippen LogP contribution in [0.25, 0.3) is 0 Å². The minimum Gasteiger partial charge on any atom is -0.352 e. The van der Waals surface area contributed by atoms with Gasteiger partial charge in [0.15, 0.2) is 0 Å². The quantitative estimate of drug-likeness (QED) is 0.829. The number of rotatable bonds is 3. The summed E-state index contributed by atoms with van der Waals surface area (Å²) in [6.07, 6.45) is 7.51. The van der Waals surface area contributed by atoms with Gasteiger partial charge >= 0.3 is 6.03 Å². The largest absolute Gasteiger partial charge is 0.352 e. The molecule has 124 valence electrons. The molecule has 1 saturated carbocycles. The van der Waals surface area contributed by atoms with E-state index in [0.717, 1.165) is 44.9 Å². The molecule has 22 heavy (non-hydrogen) atoms. The molecule has 0 radical (unpaired) electrons. The lowest BCUT2D eigenvalue weighted by Crippen LogP contribution is -2.54. The van der Waals surface area contributed by atoms with Gasteiger partial charge in [-0.05, 0) is 32.6 Å². The van der Waals surface area contributed by atoms with E-state index in [1.807, 2.05) is 4.90 Å². The van der Waals surface area contributed by atoms with E-state index in [2.05, 4.69) is 5.32 Å². The van der Waals surface area contributed by atoms with Gasteiger partial charge in [0.05, 0.1) is 0 Å². The zero-order valence-corrected chi connectivity index (χ0v) is 13.3. The van der Waals surface area contributed by atoms with Crippen molar-refractivity contribution in [2.24, 2.45) is 11.7 Å². The van der Waals surface area contributed by atoms with Crippen molar-refractivity contribution in [2.45, 2.75) is 70.4 Å². The molecule has 1 aliphatic carbocycles. The van der Waals surface area contributed by atoms with Gasteiger partial charge in [-0.1, -0.05) is 19.3 Å². The molecule has 1 aliphatic heterocycles. The highest BCUT2D eigenvalue weighted by Crippen LogP contribution is 2.31. The van der Waals surface area contributed by atoms with Crippen LogP contribution >= 0.6 is 0 Å². The van der Waals surface area contributed by atoms with Crippen LogP contribution in [0.3, 0.4) is 0 Å². The summed E-state index contributed by atoms with van der Waals surface area (Å²) in [5, 5.41) is 2.46. The molecule has 2 aliphatic rings. The number of hydrogen-bond acceptors (Lipinski definition) is 3. The molecule has 2 unspecified atom stereocenters. The maximum absolute atomic E-state index is 12.7. The molecule has 1 saturated heterocycles. The van der Waals surface area contributed by atoms with Crippen molar-refractivity contribution >= 4 is 17.7 Å². The van der Waals surface area contributed by atoms with Gasteiger partial charge in [0.1, 0.15) is 11.8 Å². The van der Waals surface area contributed by atoms with E-state index in [0.29, 0.717) is 18.7 Å². The van der Waals surface area contributed by atoms with Crippen molar-refractivity contribution < 1.29 is 14.4 Å². The van der Waals surface area contributed by atoms with Crippen LogP contribution < -0.4 is 11.1 Å². The molecule has 0 aromatic rings. The highest BCUT2D eigenvalue weighted by Gasteiger charge is 2.37. The second kappa shape index (κ2) is 7.61. The molecular weight excluding hydrogens is 282 g/mol. The minimum atomic E-state index is -0.694. The molecule has 3 amide bonds. The first-order chi connectivity index (χ1) is 10.5. The fourth-order valence-electron chi connectivity index (χ4n) is 3.77. The Morgan fingerprint density at radius 1 is 1.18 bits per heavy atom. The van der Waals surface area contributed by atoms with Crippen LogP contribution in [0.4, 0.5) is 4.79 Å². The van der Waals surface area contributed by atoms with Crippen molar-refractivity contribution in [2.75, 3.05) is 6.54 Å². The van der Waals surface area contributed by atoms with Gasteiger partial charge in [-0.3, -0.25) is 9.59 Å². The molecule has 2 rings (SSSR count). The molecule has 0 bridgehead atoms. The molecular formula is C16H27N3O3. The summed E-state index contributed by atoms with van der Waals surface area (Å²) in [6, 6.07) is -1.35. The van der Waals surface area contributed by atoms with Gasteiger partial charge in [-0.15, -0.1) is 0 Å². The summed E-state index contributed by atoms with van der Waals surface area (Å²) in [6.45, 7) is 2.32. The number of ketones is 1. The van der Waals surface area contributed by atoms with Crippen LogP contribution in [0.15, 0.2) is 0 Å². The molecule has 6 nitrogen and oxygen atoms in total. The van der Waals surface area contributed by atoms with Crippen LogP contribution in [0.1, 0.15) is 58.3 Å². The summed E-state index contributed by atoms with van der Waals surface area (Å²) < 4.78 is 0. The summed E-state index contributed by atoms with van der Waals surface area (Å²) in [4.78, 5) is 37.8. The van der Waals surface area contributed by atoms with Crippen molar-refractivity contribution in [3.63, 3.8) is 0 Å². The van der Waals surface area contributed by atoms with Crippen molar-refractivity contribution in [3.05, 3.63) is 0 Å². The van der Waals surface area contributed by atoms with Crippen molar-refractivity contribution in [1.82, 2.24) is 10.2 Å². The first kappa shape index (κ1) is 16.8. The molecule has 0 aromatic heterocycles. The number of carbonyl (C=O) groups excluding carboxylic acids is 3. The van der Waals surface area contributed by atoms with Gasteiger partial charge < -0.3 is 16.0 Å². The number of amides is 3. The van der Waals surface area contributed by atoms with Gasteiger partial charge in [0, 0.05) is 24.9 Å². The van der Waals surface area contributed by atoms with E-state index < -0.39 is 12.1 Å². The fraction of sp³-hybridized carbons (Fsp3) is 0.812. The van der Waals surface area contributed by atoms with Gasteiger partial charge in [-0.25, -0.2) is 4.79 Å². The second-order valence-corrected chi connectivity index (χ2v) is 6.50. The summed E-state index contributed by atoms with van der Waals surface area (Å²) >= 11 is 0. The lowest BCUT2D eigenvalue weighted by Gasteiger charge is -2.38. The predicted octanol–water partition coefficient (Wildman–Crippen LogP) is 1.57.